The fourth-order valence-electron chi connectivity index (χ4n) is 3.24. The summed E-state index contributed by atoms with van der Waals surface area (Å²) in [6.45, 7) is 1.08. The first-order chi connectivity index (χ1) is 15.4. The number of rotatable bonds is 6. The van der Waals surface area contributed by atoms with Gasteiger partial charge < -0.3 is 10.1 Å². The predicted molar refractivity (Wildman–Crippen MR) is 123 cm³/mol. The Bertz CT molecular complexity index is 1220. The van der Waals surface area contributed by atoms with Gasteiger partial charge in [-0.15, -0.1) is 0 Å². The maximum atomic E-state index is 12.7. The molecule has 0 spiro atoms. The van der Waals surface area contributed by atoms with Gasteiger partial charge >= 0.3 is 10.2 Å². The van der Waals surface area contributed by atoms with Crippen molar-refractivity contribution in [3.63, 3.8) is 0 Å². The first-order valence-corrected chi connectivity index (χ1v) is 11.7. The molecule has 3 aromatic rings. The van der Waals surface area contributed by atoms with E-state index in [0.717, 1.165) is 5.56 Å². The summed E-state index contributed by atoms with van der Waals surface area (Å²) >= 11 is 6.31. The topological polar surface area (TPSA) is 101 Å². The van der Waals surface area contributed by atoms with E-state index in [0.29, 0.717) is 53.8 Å². The van der Waals surface area contributed by atoms with Crippen LogP contribution in [-0.2, 0) is 16.8 Å². The van der Waals surface area contributed by atoms with Crippen LogP contribution in [0.2, 0.25) is 5.02 Å². The Morgan fingerprint density at radius 3 is 2.81 bits per heavy atom. The van der Waals surface area contributed by atoms with Crippen LogP contribution in [0.4, 0.5) is 11.4 Å². The Hall–Kier alpha value is -3.14. The van der Waals surface area contributed by atoms with E-state index in [2.05, 4.69) is 15.0 Å². The van der Waals surface area contributed by atoms with E-state index in [1.807, 2.05) is 12.1 Å². The SMILES string of the molecule is O=C(Nc1ccc(OCc2cccnc2)c(Cl)c1)c1cccc(N2CCCNS2(=O)=O)c1. The van der Waals surface area contributed by atoms with Gasteiger partial charge in [0.15, 0.2) is 0 Å². The van der Waals surface area contributed by atoms with Gasteiger partial charge in [0.05, 0.1) is 10.7 Å². The molecule has 1 saturated heterocycles. The minimum atomic E-state index is -3.60. The summed E-state index contributed by atoms with van der Waals surface area (Å²) in [5.74, 6) is 0.104. The quantitative estimate of drug-likeness (QED) is 0.570. The first-order valence-electron chi connectivity index (χ1n) is 9.92. The first kappa shape index (κ1) is 22.1. The number of carbonyl (C=O) groups is 1. The lowest BCUT2D eigenvalue weighted by Gasteiger charge is -2.28. The average molecular weight is 473 g/mol. The van der Waals surface area contributed by atoms with E-state index in [1.54, 1.807) is 54.9 Å². The van der Waals surface area contributed by atoms with Crippen LogP contribution in [0.1, 0.15) is 22.3 Å². The molecule has 0 aliphatic carbocycles. The number of benzene rings is 2. The number of anilines is 2. The molecule has 2 heterocycles. The number of carbonyl (C=O) groups excluding carboxylic acids is 1. The van der Waals surface area contributed by atoms with E-state index < -0.39 is 10.2 Å². The zero-order valence-electron chi connectivity index (χ0n) is 17.0. The van der Waals surface area contributed by atoms with E-state index in [4.69, 9.17) is 16.3 Å². The average Bonchev–Trinajstić information content (AvgIpc) is 2.79. The van der Waals surface area contributed by atoms with Gasteiger partial charge in [0.25, 0.3) is 5.91 Å². The largest absolute Gasteiger partial charge is 0.487 e. The third-order valence-corrected chi connectivity index (χ3v) is 6.65. The Morgan fingerprint density at radius 2 is 2.06 bits per heavy atom. The predicted octanol–water partition coefficient (Wildman–Crippen LogP) is 3.61. The molecule has 2 N–H and O–H groups in total. The number of pyridine rings is 1. The molecule has 10 heteroatoms. The van der Waals surface area contributed by atoms with E-state index in [-0.39, 0.29) is 5.91 Å². The molecule has 0 bridgehead atoms. The lowest BCUT2D eigenvalue weighted by Crippen LogP contribution is -2.47. The van der Waals surface area contributed by atoms with E-state index in [9.17, 15) is 13.2 Å². The van der Waals surface area contributed by atoms with Crippen LogP contribution in [0, 0.1) is 0 Å². The van der Waals surface area contributed by atoms with Crippen LogP contribution < -0.4 is 19.1 Å². The van der Waals surface area contributed by atoms with Gasteiger partial charge in [0.1, 0.15) is 12.4 Å². The van der Waals surface area contributed by atoms with Gasteiger partial charge in [0, 0.05) is 42.3 Å². The molecule has 0 saturated carbocycles. The minimum absolute atomic E-state index is 0.320. The van der Waals surface area contributed by atoms with Crippen molar-refractivity contribution in [3.8, 4) is 5.75 Å². The van der Waals surface area contributed by atoms with Gasteiger partial charge in [-0.05, 0) is 48.9 Å². The van der Waals surface area contributed by atoms with Crippen molar-refractivity contribution in [3.05, 3.63) is 83.1 Å². The van der Waals surface area contributed by atoms with Crippen molar-refractivity contribution in [2.45, 2.75) is 13.0 Å². The summed E-state index contributed by atoms with van der Waals surface area (Å²) in [7, 11) is -3.60. The summed E-state index contributed by atoms with van der Waals surface area (Å²) in [6.07, 6.45) is 4.08. The number of hydrogen-bond acceptors (Lipinski definition) is 5. The van der Waals surface area contributed by atoms with Crippen molar-refractivity contribution in [2.24, 2.45) is 0 Å². The van der Waals surface area contributed by atoms with Crippen LogP contribution in [-0.4, -0.2) is 32.4 Å². The van der Waals surface area contributed by atoms with Crippen molar-refractivity contribution >= 4 is 39.1 Å². The number of halogens is 1. The maximum Gasteiger partial charge on any atom is 0.301 e. The molecule has 1 amide bonds. The molecule has 2 aromatic carbocycles. The minimum Gasteiger partial charge on any atom is -0.487 e. The monoisotopic (exact) mass is 472 g/mol. The lowest BCUT2D eigenvalue weighted by atomic mass is 10.1. The third-order valence-electron chi connectivity index (χ3n) is 4.82. The maximum absolute atomic E-state index is 12.7. The Balaban J connectivity index is 1.44. The molecular formula is C22H21ClN4O4S. The van der Waals surface area contributed by atoms with Crippen LogP contribution in [0.3, 0.4) is 0 Å². The molecule has 166 valence electrons. The molecule has 1 aliphatic heterocycles. The van der Waals surface area contributed by atoms with Crippen molar-refractivity contribution in [1.82, 2.24) is 9.71 Å². The number of hydrogen-bond donors (Lipinski definition) is 2. The standard InChI is InChI=1S/C22H21ClN4O4S/c23-20-13-18(7-8-21(20)31-15-16-4-2-9-24-14-16)26-22(28)17-5-1-6-19(12-17)27-11-3-10-25-32(27,29)30/h1-2,4-9,12-14,25H,3,10-11,15H2,(H,26,28). The summed E-state index contributed by atoms with van der Waals surface area (Å²) < 4.78 is 34.0. The fraction of sp³-hybridized carbons (Fsp3) is 0.182. The van der Waals surface area contributed by atoms with Gasteiger partial charge in [-0.3, -0.25) is 14.1 Å². The normalized spacial score (nSPS) is 15.2. The van der Waals surface area contributed by atoms with Crippen LogP contribution in [0.15, 0.2) is 67.0 Å². The highest BCUT2D eigenvalue weighted by Crippen LogP contribution is 2.29. The van der Waals surface area contributed by atoms with Gasteiger partial charge in [-0.25, -0.2) is 0 Å². The lowest BCUT2D eigenvalue weighted by molar-refractivity contribution is 0.102. The van der Waals surface area contributed by atoms with Crippen molar-refractivity contribution in [1.29, 1.82) is 0 Å². The highest BCUT2D eigenvalue weighted by molar-refractivity contribution is 7.90. The summed E-state index contributed by atoms with van der Waals surface area (Å²) in [4.78, 5) is 16.8. The van der Waals surface area contributed by atoms with Crippen molar-refractivity contribution < 1.29 is 17.9 Å². The Labute approximate surface area is 191 Å². The van der Waals surface area contributed by atoms with Crippen LogP contribution in [0.25, 0.3) is 0 Å². The summed E-state index contributed by atoms with van der Waals surface area (Å²) in [5, 5.41) is 3.13. The smallest absolute Gasteiger partial charge is 0.301 e. The molecule has 0 unspecified atom stereocenters. The number of nitrogens with one attached hydrogen (secondary N) is 2. The molecule has 1 aliphatic rings. The zero-order chi connectivity index (χ0) is 22.6. The highest BCUT2D eigenvalue weighted by Gasteiger charge is 2.26. The fourth-order valence-corrected chi connectivity index (χ4v) is 4.79. The molecule has 32 heavy (non-hydrogen) atoms. The molecule has 1 fully saturated rings. The van der Waals surface area contributed by atoms with Crippen molar-refractivity contribution in [2.75, 3.05) is 22.7 Å². The molecule has 8 nitrogen and oxygen atoms in total. The molecule has 0 atom stereocenters. The molecule has 4 rings (SSSR count). The van der Waals surface area contributed by atoms with Crippen LogP contribution in [0.5, 0.6) is 5.75 Å². The molecule has 0 radical (unpaired) electrons. The van der Waals surface area contributed by atoms with E-state index in [1.165, 1.54) is 4.31 Å². The second-order valence-electron chi connectivity index (χ2n) is 7.12. The second kappa shape index (κ2) is 9.56. The van der Waals surface area contributed by atoms with Gasteiger partial charge in [-0.2, -0.15) is 13.1 Å². The van der Waals surface area contributed by atoms with Gasteiger partial charge in [0.2, 0.25) is 0 Å². The third kappa shape index (κ3) is 5.18. The zero-order valence-corrected chi connectivity index (χ0v) is 18.6. The number of amides is 1. The highest BCUT2D eigenvalue weighted by atomic mass is 35.5. The second-order valence-corrected chi connectivity index (χ2v) is 9.21. The Kier molecular flexibility index (Phi) is 6.59. The Morgan fingerprint density at radius 1 is 1.19 bits per heavy atom. The van der Waals surface area contributed by atoms with E-state index >= 15 is 0 Å². The van der Waals surface area contributed by atoms with Crippen LogP contribution >= 0.6 is 11.6 Å². The molecular weight excluding hydrogens is 452 g/mol. The summed E-state index contributed by atoms with van der Waals surface area (Å²) in [5.41, 5.74) is 2.16. The number of ether oxygens (including phenoxy) is 1. The number of aromatic nitrogens is 1. The summed E-state index contributed by atoms with van der Waals surface area (Å²) in [6, 6.07) is 15.2. The molecule has 1 aromatic heterocycles. The number of nitrogens with zero attached hydrogens (tertiary/aromatic N) is 2. The van der Waals surface area contributed by atoms with Gasteiger partial charge in [-0.1, -0.05) is 23.7 Å².